The van der Waals surface area contributed by atoms with E-state index in [0.717, 1.165) is 24.2 Å². The predicted octanol–water partition coefficient (Wildman–Crippen LogP) is 4.84. The molecule has 0 radical (unpaired) electrons. The Hall–Kier alpha value is -2.69. The minimum atomic E-state index is -0.141. The van der Waals surface area contributed by atoms with Crippen molar-refractivity contribution >= 4 is 5.91 Å². The maximum absolute atomic E-state index is 12.4. The Morgan fingerprint density at radius 3 is 2.57 bits per heavy atom. The highest BCUT2D eigenvalue weighted by molar-refractivity contribution is 5.94. The molecule has 152 valence electrons. The van der Waals surface area contributed by atoms with E-state index in [1.54, 1.807) is 19.2 Å². The van der Waals surface area contributed by atoms with E-state index < -0.39 is 0 Å². The van der Waals surface area contributed by atoms with E-state index in [-0.39, 0.29) is 5.91 Å². The molecule has 0 aliphatic heterocycles. The van der Waals surface area contributed by atoms with Crippen molar-refractivity contribution in [3.05, 3.63) is 53.6 Å². The summed E-state index contributed by atoms with van der Waals surface area (Å²) in [5.74, 6) is 2.55. The lowest BCUT2D eigenvalue weighted by Crippen LogP contribution is -2.22. The van der Waals surface area contributed by atoms with Gasteiger partial charge in [0, 0.05) is 12.1 Å². The van der Waals surface area contributed by atoms with Crippen molar-refractivity contribution in [3.8, 4) is 17.2 Å². The van der Waals surface area contributed by atoms with Crippen molar-refractivity contribution in [2.24, 2.45) is 5.92 Å². The molecule has 5 nitrogen and oxygen atoms in total. The maximum atomic E-state index is 12.4. The van der Waals surface area contributed by atoms with Crippen molar-refractivity contribution in [2.45, 2.75) is 40.2 Å². The second kappa shape index (κ2) is 11.2. The molecule has 0 atom stereocenters. The van der Waals surface area contributed by atoms with Gasteiger partial charge in [0.05, 0.1) is 20.3 Å². The van der Waals surface area contributed by atoms with E-state index in [1.165, 1.54) is 0 Å². The molecule has 0 fully saturated rings. The maximum Gasteiger partial charge on any atom is 0.251 e. The normalized spacial score (nSPS) is 10.6. The lowest BCUT2D eigenvalue weighted by molar-refractivity contribution is 0.0950. The summed E-state index contributed by atoms with van der Waals surface area (Å²) >= 11 is 0. The second-order valence-corrected chi connectivity index (χ2v) is 7.08. The largest absolute Gasteiger partial charge is 0.494 e. The zero-order chi connectivity index (χ0) is 20.4. The van der Waals surface area contributed by atoms with Crippen molar-refractivity contribution < 1.29 is 19.0 Å². The smallest absolute Gasteiger partial charge is 0.251 e. The number of rotatable bonds is 11. The first-order valence-electron chi connectivity index (χ1n) is 9.84. The lowest BCUT2D eigenvalue weighted by atomic mass is 10.1. The van der Waals surface area contributed by atoms with Crippen LogP contribution >= 0.6 is 0 Å². The van der Waals surface area contributed by atoms with Gasteiger partial charge in [-0.25, -0.2) is 0 Å². The molecular formula is C23H31NO4. The molecule has 0 saturated heterocycles. The minimum absolute atomic E-state index is 0.141. The van der Waals surface area contributed by atoms with Crippen LogP contribution in [0.4, 0.5) is 0 Å². The fourth-order valence-electron chi connectivity index (χ4n) is 2.58. The molecule has 0 aliphatic carbocycles. The van der Waals surface area contributed by atoms with Gasteiger partial charge >= 0.3 is 0 Å². The first-order chi connectivity index (χ1) is 13.5. The SMILES string of the molecule is CCCOc1cccc(C(=O)NCc2ccc(OCCC(C)C)c(OC)c2)c1. The minimum Gasteiger partial charge on any atom is -0.494 e. The van der Waals surface area contributed by atoms with Gasteiger partial charge in [-0.3, -0.25) is 4.79 Å². The zero-order valence-corrected chi connectivity index (χ0v) is 17.3. The second-order valence-electron chi connectivity index (χ2n) is 7.08. The Balaban J connectivity index is 1.95. The topological polar surface area (TPSA) is 56.8 Å². The predicted molar refractivity (Wildman–Crippen MR) is 111 cm³/mol. The van der Waals surface area contributed by atoms with E-state index in [0.29, 0.717) is 42.7 Å². The molecule has 0 bridgehead atoms. The molecule has 0 heterocycles. The highest BCUT2D eigenvalue weighted by atomic mass is 16.5. The standard InChI is InChI=1S/C23H31NO4/c1-5-12-27-20-8-6-7-19(15-20)23(25)24-16-18-9-10-21(22(14-18)26-4)28-13-11-17(2)3/h6-10,14-15,17H,5,11-13,16H2,1-4H3,(H,24,25). The summed E-state index contributed by atoms with van der Waals surface area (Å²) in [6, 6.07) is 12.9. The van der Waals surface area contributed by atoms with Crippen molar-refractivity contribution in [2.75, 3.05) is 20.3 Å². The van der Waals surface area contributed by atoms with E-state index in [4.69, 9.17) is 14.2 Å². The lowest BCUT2D eigenvalue weighted by Gasteiger charge is -2.13. The quantitative estimate of drug-likeness (QED) is 0.601. The first-order valence-corrected chi connectivity index (χ1v) is 9.84. The third-order valence-electron chi connectivity index (χ3n) is 4.20. The Morgan fingerprint density at radius 2 is 1.86 bits per heavy atom. The summed E-state index contributed by atoms with van der Waals surface area (Å²) in [7, 11) is 1.62. The van der Waals surface area contributed by atoms with Gasteiger partial charge in [0.15, 0.2) is 11.5 Å². The molecule has 1 N–H and O–H groups in total. The number of ether oxygens (including phenoxy) is 3. The fraction of sp³-hybridized carbons (Fsp3) is 0.435. The van der Waals surface area contributed by atoms with Crippen LogP contribution in [0.25, 0.3) is 0 Å². The van der Waals surface area contributed by atoms with Gasteiger partial charge in [-0.05, 0) is 54.7 Å². The molecule has 1 amide bonds. The number of carbonyl (C=O) groups is 1. The molecule has 0 aliphatic rings. The van der Waals surface area contributed by atoms with Crippen LogP contribution in [0.5, 0.6) is 17.2 Å². The number of benzene rings is 2. The van der Waals surface area contributed by atoms with Crippen LogP contribution in [0.2, 0.25) is 0 Å². The molecule has 0 unspecified atom stereocenters. The van der Waals surface area contributed by atoms with Gasteiger partial charge in [-0.2, -0.15) is 0 Å². The van der Waals surface area contributed by atoms with Crippen LogP contribution in [0, 0.1) is 5.92 Å². The summed E-state index contributed by atoms with van der Waals surface area (Å²) in [6.07, 6.45) is 1.91. The summed E-state index contributed by atoms with van der Waals surface area (Å²) in [6.45, 7) is 8.07. The van der Waals surface area contributed by atoms with E-state index in [9.17, 15) is 4.79 Å². The first kappa shape index (κ1) is 21.6. The number of hydrogen-bond donors (Lipinski definition) is 1. The Labute approximate surface area is 168 Å². The molecule has 2 aromatic carbocycles. The van der Waals surface area contributed by atoms with Gasteiger partial charge in [0.2, 0.25) is 0 Å². The monoisotopic (exact) mass is 385 g/mol. The molecule has 28 heavy (non-hydrogen) atoms. The third-order valence-corrected chi connectivity index (χ3v) is 4.20. The molecule has 2 aromatic rings. The summed E-state index contributed by atoms with van der Waals surface area (Å²) in [5.41, 5.74) is 1.52. The van der Waals surface area contributed by atoms with Crippen molar-refractivity contribution in [3.63, 3.8) is 0 Å². The van der Waals surface area contributed by atoms with Crippen LogP contribution in [-0.4, -0.2) is 26.2 Å². The van der Waals surface area contributed by atoms with Gasteiger partial charge in [-0.15, -0.1) is 0 Å². The van der Waals surface area contributed by atoms with Gasteiger partial charge in [-0.1, -0.05) is 32.9 Å². The Kier molecular flexibility index (Phi) is 8.66. The van der Waals surface area contributed by atoms with E-state index in [1.807, 2.05) is 37.3 Å². The number of nitrogens with one attached hydrogen (secondary N) is 1. The van der Waals surface area contributed by atoms with E-state index in [2.05, 4.69) is 19.2 Å². The molecule has 2 rings (SSSR count). The third kappa shape index (κ3) is 6.80. The highest BCUT2D eigenvalue weighted by Gasteiger charge is 2.10. The van der Waals surface area contributed by atoms with Crippen LogP contribution in [-0.2, 0) is 6.54 Å². The molecule has 0 aromatic heterocycles. The molecule has 0 saturated carbocycles. The molecule has 0 spiro atoms. The van der Waals surface area contributed by atoms with Crippen LogP contribution in [0.15, 0.2) is 42.5 Å². The molecular weight excluding hydrogens is 354 g/mol. The van der Waals surface area contributed by atoms with Crippen LogP contribution in [0.3, 0.4) is 0 Å². The fourth-order valence-corrected chi connectivity index (χ4v) is 2.58. The van der Waals surface area contributed by atoms with Crippen molar-refractivity contribution in [1.82, 2.24) is 5.32 Å². The molecule has 5 heteroatoms. The highest BCUT2D eigenvalue weighted by Crippen LogP contribution is 2.28. The Bertz CT molecular complexity index is 758. The van der Waals surface area contributed by atoms with Gasteiger partial charge < -0.3 is 19.5 Å². The zero-order valence-electron chi connectivity index (χ0n) is 17.3. The number of carbonyl (C=O) groups excluding carboxylic acids is 1. The number of amides is 1. The number of hydrogen-bond acceptors (Lipinski definition) is 4. The van der Waals surface area contributed by atoms with E-state index >= 15 is 0 Å². The summed E-state index contributed by atoms with van der Waals surface area (Å²) in [4.78, 5) is 12.4. The van der Waals surface area contributed by atoms with Crippen LogP contribution < -0.4 is 19.5 Å². The number of methoxy groups -OCH3 is 1. The summed E-state index contributed by atoms with van der Waals surface area (Å²) in [5, 5.41) is 2.94. The Morgan fingerprint density at radius 1 is 1.04 bits per heavy atom. The summed E-state index contributed by atoms with van der Waals surface area (Å²) < 4.78 is 16.8. The average molecular weight is 386 g/mol. The van der Waals surface area contributed by atoms with Crippen molar-refractivity contribution in [1.29, 1.82) is 0 Å². The van der Waals surface area contributed by atoms with Gasteiger partial charge in [0.1, 0.15) is 5.75 Å². The average Bonchev–Trinajstić information content (AvgIpc) is 2.71. The van der Waals surface area contributed by atoms with Gasteiger partial charge in [0.25, 0.3) is 5.91 Å². The van der Waals surface area contributed by atoms with Crippen LogP contribution in [0.1, 0.15) is 49.5 Å².